The Kier molecular flexibility index (Phi) is 6.25. The third kappa shape index (κ3) is 5.57. The summed E-state index contributed by atoms with van der Waals surface area (Å²) in [7, 11) is 0. The van der Waals surface area contributed by atoms with Crippen LogP contribution in [0.1, 0.15) is 40.0 Å². The van der Waals surface area contributed by atoms with Gasteiger partial charge in [-0.3, -0.25) is 4.79 Å². The highest BCUT2D eigenvalue weighted by atomic mass is 16.1. The topological polar surface area (TPSA) is 55.1 Å². The Bertz CT molecular complexity index is 212. The maximum absolute atomic E-state index is 11.1. The summed E-state index contributed by atoms with van der Waals surface area (Å²) < 4.78 is 0. The molecule has 0 aliphatic rings. The standard InChI is InChI=1S/C12H24N2O/c1-5-7-8-10(6-2)14-9-12(3,4)11(13)15/h5,10,14H,1,6-9H2,2-4H3,(H2,13,15). The van der Waals surface area contributed by atoms with Crippen molar-refractivity contribution in [2.75, 3.05) is 6.54 Å². The Labute approximate surface area is 93.1 Å². The second kappa shape index (κ2) is 6.62. The Morgan fingerprint density at radius 1 is 1.60 bits per heavy atom. The third-order valence-corrected chi connectivity index (χ3v) is 2.71. The van der Waals surface area contributed by atoms with E-state index in [1.54, 1.807) is 0 Å². The number of amides is 1. The molecule has 3 N–H and O–H groups in total. The summed E-state index contributed by atoms with van der Waals surface area (Å²) >= 11 is 0. The van der Waals surface area contributed by atoms with Crippen LogP contribution >= 0.6 is 0 Å². The van der Waals surface area contributed by atoms with E-state index in [-0.39, 0.29) is 5.91 Å². The lowest BCUT2D eigenvalue weighted by atomic mass is 9.92. The van der Waals surface area contributed by atoms with Crippen molar-refractivity contribution in [3.05, 3.63) is 12.7 Å². The summed E-state index contributed by atoms with van der Waals surface area (Å²) in [4.78, 5) is 11.1. The fraction of sp³-hybridized carbons (Fsp3) is 0.750. The van der Waals surface area contributed by atoms with Gasteiger partial charge in [0, 0.05) is 12.6 Å². The van der Waals surface area contributed by atoms with E-state index in [4.69, 9.17) is 5.73 Å². The van der Waals surface area contributed by atoms with E-state index >= 15 is 0 Å². The molecule has 0 fully saturated rings. The van der Waals surface area contributed by atoms with Gasteiger partial charge in [-0.05, 0) is 33.1 Å². The van der Waals surface area contributed by atoms with Gasteiger partial charge in [0.1, 0.15) is 0 Å². The first kappa shape index (κ1) is 14.2. The Morgan fingerprint density at radius 2 is 2.20 bits per heavy atom. The molecular weight excluding hydrogens is 188 g/mol. The summed E-state index contributed by atoms with van der Waals surface area (Å²) in [5, 5.41) is 3.38. The molecule has 0 aliphatic heterocycles. The number of allylic oxidation sites excluding steroid dienone is 1. The number of hydrogen-bond acceptors (Lipinski definition) is 2. The van der Waals surface area contributed by atoms with Crippen molar-refractivity contribution in [3.8, 4) is 0 Å². The van der Waals surface area contributed by atoms with Crippen LogP contribution in [0, 0.1) is 5.41 Å². The van der Waals surface area contributed by atoms with Crippen LogP contribution in [0.2, 0.25) is 0 Å². The molecule has 0 aromatic carbocycles. The number of primary amides is 1. The molecule has 0 saturated carbocycles. The van der Waals surface area contributed by atoms with Gasteiger partial charge >= 0.3 is 0 Å². The van der Waals surface area contributed by atoms with Gasteiger partial charge in [-0.1, -0.05) is 13.0 Å². The van der Waals surface area contributed by atoms with Crippen LogP contribution in [0.25, 0.3) is 0 Å². The summed E-state index contributed by atoms with van der Waals surface area (Å²) in [6, 6.07) is 0.446. The normalized spacial score (nSPS) is 13.5. The van der Waals surface area contributed by atoms with Crippen molar-refractivity contribution in [1.82, 2.24) is 5.32 Å². The fourth-order valence-corrected chi connectivity index (χ4v) is 1.26. The number of rotatable bonds is 8. The summed E-state index contributed by atoms with van der Waals surface area (Å²) in [5.41, 5.74) is 4.83. The van der Waals surface area contributed by atoms with Gasteiger partial charge in [-0.15, -0.1) is 6.58 Å². The van der Waals surface area contributed by atoms with E-state index in [9.17, 15) is 4.79 Å². The fourth-order valence-electron chi connectivity index (χ4n) is 1.26. The third-order valence-electron chi connectivity index (χ3n) is 2.71. The average molecular weight is 212 g/mol. The first-order valence-corrected chi connectivity index (χ1v) is 5.58. The number of nitrogens with one attached hydrogen (secondary N) is 1. The molecule has 0 aromatic heterocycles. The minimum atomic E-state index is -0.471. The monoisotopic (exact) mass is 212 g/mol. The molecule has 0 heterocycles. The van der Waals surface area contributed by atoms with Crippen LogP contribution in [-0.4, -0.2) is 18.5 Å². The lowest BCUT2D eigenvalue weighted by molar-refractivity contribution is -0.125. The molecule has 0 bridgehead atoms. The molecule has 0 rings (SSSR count). The molecule has 88 valence electrons. The minimum Gasteiger partial charge on any atom is -0.369 e. The molecule has 0 radical (unpaired) electrons. The molecule has 0 aliphatic carbocycles. The highest BCUT2D eigenvalue weighted by molar-refractivity contribution is 5.80. The van der Waals surface area contributed by atoms with Gasteiger partial charge in [0.25, 0.3) is 0 Å². The van der Waals surface area contributed by atoms with Crippen LogP contribution in [0.15, 0.2) is 12.7 Å². The van der Waals surface area contributed by atoms with Crippen molar-refractivity contribution in [1.29, 1.82) is 0 Å². The van der Waals surface area contributed by atoms with Gasteiger partial charge in [0.05, 0.1) is 5.41 Å². The molecule has 1 amide bonds. The number of carbonyl (C=O) groups excluding carboxylic acids is 1. The molecule has 0 aromatic rings. The zero-order valence-corrected chi connectivity index (χ0v) is 10.2. The number of hydrogen-bond donors (Lipinski definition) is 2. The molecule has 0 spiro atoms. The summed E-state index contributed by atoms with van der Waals surface area (Å²) in [6.45, 7) is 10.2. The van der Waals surface area contributed by atoms with Crippen LogP contribution in [0.4, 0.5) is 0 Å². The second-order valence-electron chi connectivity index (χ2n) is 4.60. The Morgan fingerprint density at radius 3 is 2.60 bits per heavy atom. The quantitative estimate of drug-likeness (QED) is 0.603. The zero-order valence-electron chi connectivity index (χ0n) is 10.2. The summed E-state index contributed by atoms with van der Waals surface area (Å²) in [6.07, 6.45) is 5.05. The maximum atomic E-state index is 11.1. The lowest BCUT2D eigenvalue weighted by Crippen LogP contribution is -2.43. The molecule has 15 heavy (non-hydrogen) atoms. The van der Waals surface area contributed by atoms with Crippen LogP contribution in [0.3, 0.4) is 0 Å². The van der Waals surface area contributed by atoms with E-state index in [2.05, 4.69) is 18.8 Å². The van der Waals surface area contributed by atoms with Crippen molar-refractivity contribution in [2.24, 2.45) is 11.1 Å². The molecule has 3 heteroatoms. The smallest absolute Gasteiger partial charge is 0.224 e. The summed E-state index contributed by atoms with van der Waals surface area (Å²) in [5.74, 6) is -0.256. The lowest BCUT2D eigenvalue weighted by Gasteiger charge is -2.25. The van der Waals surface area contributed by atoms with Crippen molar-refractivity contribution < 1.29 is 4.79 Å². The molecule has 1 unspecified atom stereocenters. The van der Waals surface area contributed by atoms with Crippen LogP contribution < -0.4 is 11.1 Å². The highest BCUT2D eigenvalue weighted by Crippen LogP contribution is 2.13. The van der Waals surface area contributed by atoms with E-state index in [0.29, 0.717) is 12.6 Å². The first-order valence-electron chi connectivity index (χ1n) is 5.58. The van der Waals surface area contributed by atoms with Gasteiger partial charge in [-0.2, -0.15) is 0 Å². The number of carbonyl (C=O) groups is 1. The van der Waals surface area contributed by atoms with Gasteiger partial charge in [0.15, 0.2) is 0 Å². The van der Waals surface area contributed by atoms with Crippen LogP contribution in [-0.2, 0) is 4.79 Å². The van der Waals surface area contributed by atoms with Gasteiger partial charge in [-0.25, -0.2) is 0 Å². The highest BCUT2D eigenvalue weighted by Gasteiger charge is 2.25. The average Bonchev–Trinajstić information content (AvgIpc) is 2.18. The minimum absolute atomic E-state index is 0.256. The second-order valence-corrected chi connectivity index (χ2v) is 4.60. The van der Waals surface area contributed by atoms with Gasteiger partial charge in [0.2, 0.25) is 5.91 Å². The SMILES string of the molecule is C=CCCC(CC)NCC(C)(C)C(N)=O. The molecular formula is C12H24N2O. The Hall–Kier alpha value is -0.830. The van der Waals surface area contributed by atoms with Crippen molar-refractivity contribution in [3.63, 3.8) is 0 Å². The first-order chi connectivity index (χ1) is 6.94. The molecule has 1 atom stereocenters. The largest absolute Gasteiger partial charge is 0.369 e. The van der Waals surface area contributed by atoms with E-state index in [0.717, 1.165) is 19.3 Å². The van der Waals surface area contributed by atoms with E-state index < -0.39 is 5.41 Å². The maximum Gasteiger partial charge on any atom is 0.224 e. The van der Waals surface area contributed by atoms with E-state index in [1.807, 2.05) is 19.9 Å². The molecule has 0 saturated heterocycles. The Balaban J connectivity index is 3.99. The molecule has 3 nitrogen and oxygen atoms in total. The van der Waals surface area contributed by atoms with Crippen molar-refractivity contribution in [2.45, 2.75) is 46.1 Å². The predicted octanol–water partition coefficient (Wildman–Crippen LogP) is 1.83. The van der Waals surface area contributed by atoms with E-state index in [1.165, 1.54) is 0 Å². The van der Waals surface area contributed by atoms with Crippen molar-refractivity contribution >= 4 is 5.91 Å². The van der Waals surface area contributed by atoms with Gasteiger partial charge < -0.3 is 11.1 Å². The van der Waals surface area contributed by atoms with Crippen LogP contribution in [0.5, 0.6) is 0 Å². The zero-order chi connectivity index (χ0) is 11.9. The number of nitrogens with two attached hydrogens (primary N) is 1. The predicted molar refractivity (Wildman–Crippen MR) is 64.5 cm³/mol.